The minimum atomic E-state index is 0.0112. The largest absolute Gasteiger partial charge is 0.375 e. The second-order valence-electron chi connectivity index (χ2n) is 4.84. The Morgan fingerprint density at radius 1 is 1.18 bits per heavy atom. The molecule has 5 heteroatoms. The van der Waals surface area contributed by atoms with E-state index in [0.717, 1.165) is 24.5 Å². The minimum absolute atomic E-state index is 0.0112. The average Bonchev–Trinajstić information content (AvgIpc) is 3.08. The van der Waals surface area contributed by atoms with Crippen molar-refractivity contribution in [3.05, 3.63) is 58.3 Å². The maximum Gasteiger partial charge on any atom is 0.191 e. The van der Waals surface area contributed by atoms with E-state index in [1.807, 2.05) is 18.2 Å². The van der Waals surface area contributed by atoms with Crippen LogP contribution in [0.1, 0.15) is 16.5 Å². The maximum atomic E-state index is 5.55. The van der Waals surface area contributed by atoms with E-state index < -0.39 is 0 Å². The summed E-state index contributed by atoms with van der Waals surface area (Å²) in [7, 11) is 3.51. The number of aliphatic imine (C=N–C) groups is 1. The third kappa shape index (κ3) is 5.16. The highest BCUT2D eigenvalue weighted by Gasteiger charge is 2.10. The number of hydrogen-bond acceptors (Lipinski definition) is 3. The highest BCUT2D eigenvalue weighted by atomic mass is 32.1. The lowest BCUT2D eigenvalue weighted by Gasteiger charge is -2.18. The van der Waals surface area contributed by atoms with Crippen LogP contribution in [0, 0.1) is 0 Å². The van der Waals surface area contributed by atoms with Gasteiger partial charge in [0, 0.05) is 32.1 Å². The molecule has 2 N–H and O–H groups in total. The summed E-state index contributed by atoms with van der Waals surface area (Å²) in [4.78, 5) is 5.63. The van der Waals surface area contributed by atoms with E-state index in [4.69, 9.17) is 4.74 Å². The van der Waals surface area contributed by atoms with Crippen molar-refractivity contribution in [3.8, 4) is 0 Å². The molecule has 118 valence electrons. The van der Waals surface area contributed by atoms with Gasteiger partial charge in [0.05, 0.1) is 6.10 Å². The van der Waals surface area contributed by atoms with Crippen LogP contribution >= 0.6 is 11.3 Å². The molecule has 4 nitrogen and oxygen atoms in total. The third-order valence-corrected chi connectivity index (χ3v) is 4.31. The van der Waals surface area contributed by atoms with E-state index in [1.165, 1.54) is 4.88 Å². The highest BCUT2D eigenvalue weighted by Crippen LogP contribution is 2.14. The maximum absolute atomic E-state index is 5.55. The van der Waals surface area contributed by atoms with Crippen LogP contribution in [0.25, 0.3) is 0 Å². The van der Waals surface area contributed by atoms with Gasteiger partial charge in [0.1, 0.15) is 0 Å². The van der Waals surface area contributed by atoms with Gasteiger partial charge in [0.2, 0.25) is 0 Å². The molecule has 0 aliphatic heterocycles. The van der Waals surface area contributed by atoms with E-state index >= 15 is 0 Å². The number of ether oxygens (including phenoxy) is 1. The Kier molecular flexibility index (Phi) is 6.93. The van der Waals surface area contributed by atoms with Crippen LogP contribution < -0.4 is 10.6 Å². The number of nitrogens with zero attached hydrogens (tertiary/aromatic N) is 1. The number of nitrogens with one attached hydrogen (secondary N) is 2. The first-order valence-electron chi connectivity index (χ1n) is 7.38. The second-order valence-corrected chi connectivity index (χ2v) is 5.88. The third-order valence-electron chi connectivity index (χ3n) is 3.38. The van der Waals surface area contributed by atoms with Crippen LogP contribution in [-0.2, 0) is 11.2 Å². The Morgan fingerprint density at radius 2 is 2.00 bits per heavy atom. The Morgan fingerprint density at radius 3 is 2.64 bits per heavy atom. The van der Waals surface area contributed by atoms with Crippen LogP contribution in [-0.4, -0.2) is 33.2 Å². The zero-order valence-corrected chi connectivity index (χ0v) is 13.9. The molecule has 0 radical (unpaired) electrons. The summed E-state index contributed by atoms with van der Waals surface area (Å²) < 4.78 is 5.55. The van der Waals surface area contributed by atoms with Crippen LogP contribution in [0.5, 0.6) is 0 Å². The van der Waals surface area contributed by atoms with Crippen molar-refractivity contribution < 1.29 is 4.74 Å². The summed E-state index contributed by atoms with van der Waals surface area (Å²) in [5.74, 6) is 0.800. The first-order valence-corrected chi connectivity index (χ1v) is 8.26. The molecule has 0 amide bonds. The van der Waals surface area contributed by atoms with E-state index in [1.54, 1.807) is 25.5 Å². The average molecular weight is 317 g/mol. The number of guanidine groups is 1. The molecule has 0 saturated carbocycles. The number of benzene rings is 1. The standard InChI is InChI=1S/C17H23N3OS/c1-18-17(19-11-10-15-9-6-12-22-15)20-13-16(21-2)14-7-4-3-5-8-14/h3-9,12,16H,10-11,13H2,1-2H3,(H2,18,19,20). The number of thiophene rings is 1. The summed E-state index contributed by atoms with van der Waals surface area (Å²) in [5.41, 5.74) is 1.16. The molecule has 0 aliphatic rings. The minimum Gasteiger partial charge on any atom is -0.375 e. The lowest BCUT2D eigenvalue weighted by atomic mass is 10.1. The molecule has 1 aromatic carbocycles. The molecule has 2 aromatic rings. The molecule has 0 bridgehead atoms. The fraction of sp³-hybridized carbons (Fsp3) is 0.353. The molecule has 1 heterocycles. The van der Waals surface area contributed by atoms with Crippen molar-refractivity contribution in [2.24, 2.45) is 4.99 Å². The van der Waals surface area contributed by atoms with Crippen LogP contribution in [0.3, 0.4) is 0 Å². The van der Waals surface area contributed by atoms with Gasteiger partial charge >= 0.3 is 0 Å². The van der Waals surface area contributed by atoms with Crippen LogP contribution in [0.15, 0.2) is 52.8 Å². The number of hydrogen-bond donors (Lipinski definition) is 2. The van der Waals surface area contributed by atoms with Crippen molar-refractivity contribution in [1.82, 2.24) is 10.6 Å². The molecular formula is C17H23N3OS. The Balaban J connectivity index is 1.77. The van der Waals surface area contributed by atoms with Gasteiger partial charge in [-0.1, -0.05) is 36.4 Å². The van der Waals surface area contributed by atoms with Gasteiger partial charge in [-0.05, 0) is 23.4 Å². The molecule has 1 unspecified atom stereocenters. The van der Waals surface area contributed by atoms with Gasteiger partial charge in [0.25, 0.3) is 0 Å². The van der Waals surface area contributed by atoms with Crippen molar-refractivity contribution in [1.29, 1.82) is 0 Å². The summed E-state index contributed by atoms with van der Waals surface area (Å²) in [5, 5.41) is 8.75. The van der Waals surface area contributed by atoms with Crippen LogP contribution in [0.4, 0.5) is 0 Å². The van der Waals surface area contributed by atoms with Crippen LogP contribution in [0.2, 0.25) is 0 Å². The molecule has 0 spiro atoms. The van der Waals surface area contributed by atoms with E-state index in [9.17, 15) is 0 Å². The Bertz CT molecular complexity index is 555. The molecule has 0 saturated heterocycles. The smallest absolute Gasteiger partial charge is 0.191 e. The van der Waals surface area contributed by atoms with Gasteiger partial charge < -0.3 is 15.4 Å². The lowest BCUT2D eigenvalue weighted by molar-refractivity contribution is 0.106. The summed E-state index contributed by atoms with van der Waals surface area (Å²) in [6.45, 7) is 1.54. The fourth-order valence-electron chi connectivity index (χ4n) is 2.17. The van der Waals surface area contributed by atoms with Gasteiger partial charge in [-0.2, -0.15) is 0 Å². The quantitative estimate of drug-likeness (QED) is 0.610. The van der Waals surface area contributed by atoms with Crippen molar-refractivity contribution in [2.75, 3.05) is 27.2 Å². The van der Waals surface area contributed by atoms with Gasteiger partial charge in [0.15, 0.2) is 5.96 Å². The molecule has 2 rings (SSSR count). The van der Waals surface area contributed by atoms with Gasteiger partial charge in [-0.15, -0.1) is 11.3 Å². The predicted octanol–water partition coefficient (Wildman–Crippen LogP) is 2.84. The first-order chi connectivity index (χ1) is 10.8. The molecule has 1 aromatic heterocycles. The Hall–Kier alpha value is -1.85. The van der Waals surface area contributed by atoms with Crippen molar-refractivity contribution in [3.63, 3.8) is 0 Å². The van der Waals surface area contributed by atoms with Gasteiger partial charge in [-0.3, -0.25) is 4.99 Å². The normalized spacial score (nSPS) is 12.9. The molecule has 0 fully saturated rings. The topological polar surface area (TPSA) is 45.7 Å². The SMILES string of the molecule is CN=C(NCCc1cccs1)NCC(OC)c1ccccc1. The highest BCUT2D eigenvalue weighted by molar-refractivity contribution is 7.09. The zero-order chi connectivity index (χ0) is 15.6. The zero-order valence-electron chi connectivity index (χ0n) is 13.1. The van der Waals surface area contributed by atoms with E-state index in [2.05, 4.69) is 45.3 Å². The summed E-state index contributed by atoms with van der Waals surface area (Å²) in [6.07, 6.45) is 1.02. The summed E-state index contributed by atoms with van der Waals surface area (Å²) >= 11 is 1.78. The number of rotatable bonds is 7. The van der Waals surface area contributed by atoms with E-state index in [0.29, 0.717) is 6.54 Å². The second kappa shape index (κ2) is 9.23. The molecular weight excluding hydrogens is 294 g/mol. The summed E-state index contributed by atoms with van der Waals surface area (Å²) in [6, 6.07) is 14.4. The lowest BCUT2D eigenvalue weighted by Crippen LogP contribution is -2.40. The molecule has 1 atom stereocenters. The monoisotopic (exact) mass is 317 g/mol. The van der Waals surface area contributed by atoms with Crippen molar-refractivity contribution in [2.45, 2.75) is 12.5 Å². The predicted molar refractivity (Wildman–Crippen MR) is 93.6 cm³/mol. The van der Waals surface area contributed by atoms with E-state index in [-0.39, 0.29) is 6.10 Å². The molecule has 22 heavy (non-hydrogen) atoms. The Labute approximate surface area is 136 Å². The first kappa shape index (κ1) is 16.5. The molecule has 0 aliphatic carbocycles. The van der Waals surface area contributed by atoms with Gasteiger partial charge in [-0.25, -0.2) is 0 Å². The fourth-order valence-corrected chi connectivity index (χ4v) is 2.88. The number of methoxy groups -OCH3 is 1. The van der Waals surface area contributed by atoms with Crippen molar-refractivity contribution >= 4 is 17.3 Å².